The standard InChI is InChI=1S/C20H17IN2O5/c1-11-5-4-6-13(7-11)23-19(25)14(18(24)22-20(23)26)8-12-9-15(21)17(28-3)16(10-12)27-2/h4-10H,1-3H3,(H,22,24,26)/b14-8+. The van der Waals surface area contributed by atoms with E-state index in [1.54, 1.807) is 30.3 Å². The number of hydrogen-bond acceptors (Lipinski definition) is 5. The van der Waals surface area contributed by atoms with Crippen LogP contribution in [0.4, 0.5) is 10.5 Å². The third kappa shape index (κ3) is 3.72. The first-order valence-electron chi connectivity index (χ1n) is 8.25. The molecule has 0 spiro atoms. The Morgan fingerprint density at radius 3 is 2.46 bits per heavy atom. The fraction of sp³-hybridized carbons (Fsp3) is 0.150. The number of methoxy groups -OCH3 is 2. The van der Waals surface area contributed by atoms with Crippen LogP contribution in [0.1, 0.15) is 11.1 Å². The van der Waals surface area contributed by atoms with Gasteiger partial charge in [0.2, 0.25) is 0 Å². The van der Waals surface area contributed by atoms with Crippen molar-refractivity contribution in [3.63, 3.8) is 0 Å². The average Bonchev–Trinajstić information content (AvgIpc) is 2.64. The molecule has 0 aliphatic carbocycles. The molecule has 1 fully saturated rings. The van der Waals surface area contributed by atoms with Crippen LogP contribution in [0.2, 0.25) is 0 Å². The lowest BCUT2D eigenvalue weighted by Gasteiger charge is -2.26. The predicted octanol–water partition coefficient (Wildman–Crippen LogP) is 3.28. The van der Waals surface area contributed by atoms with Crippen molar-refractivity contribution in [2.45, 2.75) is 6.92 Å². The minimum Gasteiger partial charge on any atom is -0.493 e. The number of amides is 4. The second-order valence-electron chi connectivity index (χ2n) is 6.04. The lowest BCUT2D eigenvalue weighted by Crippen LogP contribution is -2.54. The first-order chi connectivity index (χ1) is 13.3. The molecule has 2 aromatic carbocycles. The summed E-state index contributed by atoms with van der Waals surface area (Å²) in [6, 6.07) is 9.55. The van der Waals surface area contributed by atoms with E-state index in [-0.39, 0.29) is 5.57 Å². The highest BCUT2D eigenvalue weighted by Gasteiger charge is 2.36. The number of nitrogens with zero attached hydrogens (tertiary/aromatic N) is 1. The molecule has 144 valence electrons. The maximum atomic E-state index is 12.9. The maximum Gasteiger partial charge on any atom is 0.335 e. The summed E-state index contributed by atoms with van der Waals surface area (Å²) in [7, 11) is 3.03. The zero-order valence-electron chi connectivity index (χ0n) is 15.4. The Labute approximate surface area is 175 Å². The summed E-state index contributed by atoms with van der Waals surface area (Å²) in [5, 5.41) is 2.21. The van der Waals surface area contributed by atoms with Gasteiger partial charge in [0.25, 0.3) is 11.8 Å². The minimum atomic E-state index is -0.778. The lowest BCUT2D eigenvalue weighted by molar-refractivity contribution is -0.122. The van der Waals surface area contributed by atoms with E-state index in [0.717, 1.165) is 14.0 Å². The number of rotatable bonds is 4. The maximum absolute atomic E-state index is 12.9. The van der Waals surface area contributed by atoms with Crippen molar-refractivity contribution >= 4 is 52.2 Å². The molecule has 1 aliphatic rings. The molecule has 0 unspecified atom stereocenters. The van der Waals surface area contributed by atoms with Crippen LogP contribution < -0.4 is 19.7 Å². The summed E-state index contributed by atoms with van der Waals surface area (Å²) in [5.74, 6) is -0.411. The molecule has 2 aromatic rings. The third-order valence-electron chi connectivity index (χ3n) is 4.13. The van der Waals surface area contributed by atoms with Crippen LogP contribution in [-0.4, -0.2) is 32.1 Å². The van der Waals surface area contributed by atoms with E-state index >= 15 is 0 Å². The van der Waals surface area contributed by atoms with E-state index in [4.69, 9.17) is 9.47 Å². The van der Waals surface area contributed by atoms with Gasteiger partial charge >= 0.3 is 6.03 Å². The van der Waals surface area contributed by atoms with Crippen LogP contribution in [0.15, 0.2) is 42.0 Å². The monoisotopic (exact) mass is 492 g/mol. The Kier molecular flexibility index (Phi) is 5.68. The molecule has 8 heteroatoms. The van der Waals surface area contributed by atoms with Gasteiger partial charge in [0.05, 0.1) is 23.5 Å². The van der Waals surface area contributed by atoms with Crippen molar-refractivity contribution < 1.29 is 23.9 Å². The SMILES string of the molecule is COc1cc(/C=C2\C(=O)NC(=O)N(c3cccc(C)c3)C2=O)cc(I)c1OC. The summed E-state index contributed by atoms with van der Waals surface area (Å²) < 4.78 is 11.4. The van der Waals surface area contributed by atoms with Gasteiger partial charge in [-0.1, -0.05) is 12.1 Å². The van der Waals surface area contributed by atoms with Crippen LogP contribution in [-0.2, 0) is 9.59 Å². The van der Waals surface area contributed by atoms with Gasteiger partial charge in [-0.2, -0.15) is 0 Å². The highest BCUT2D eigenvalue weighted by Crippen LogP contribution is 2.34. The number of imide groups is 2. The van der Waals surface area contributed by atoms with E-state index in [1.807, 2.05) is 13.0 Å². The molecule has 0 atom stereocenters. The summed E-state index contributed by atoms with van der Waals surface area (Å²) in [6.07, 6.45) is 1.43. The molecule has 28 heavy (non-hydrogen) atoms. The molecular formula is C20H17IN2O5. The van der Waals surface area contributed by atoms with E-state index < -0.39 is 17.8 Å². The van der Waals surface area contributed by atoms with Crippen molar-refractivity contribution in [3.05, 3.63) is 56.7 Å². The largest absolute Gasteiger partial charge is 0.493 e. The fourth-order valence-corrected chi connectivity index (χ4v) is 3.69. The highest BCUT2D eigenvalue weighted by molar-refractivity contribution is 14.1. The fourth-order valence-electron chi connectivity index (χ4n) is 2.85. The van der Waals surface area contributed by atoms with Crippen molar-refractivity contribution in [3.8, 4) is 11.5 Å². The predicted molar refractivity (Wildman–Crippen MR) is 112 cm³/mol. The number of halogens is 1. The second kappa shape index (κ2) is 8.01. The Bertz CT molecular complexity index is 1020. The van der Waals surface area contributed by atoms with E-state index in [1.165, 1.54) is 20.3 Å². The van der Waals surface area contributed by atoms with Crippen molar-refractivity contribution in [1.82, 2.24) is 5.32 Å². The van der Waals surface area contributed by atoms with Crippen molar-refractivity contribution in [1.29, 1.82) is 0 Å². The normalized spacial score (nSPS) is 15.6. The first kappa shape index (κ1) is 19.9. The number of urea groups is 1. The smallest absolute Gasteiger partial charge is 0.335 e. The van der Waals surface area contributed by atoms with Gasteiger partial charge in [-0.3, -0.25) is 14.9 Å². The summed E-state index contributed by atoms with van der Waals surface area (Å²) in [6.45, 7) is 1.85. The van der Waals surface area contributed by atoms with E-state index in [9.17, 15) is 14.4 Å². The van der Waals surface area contributed by atoms with Crippen LogP contribution in [0.3, 0.4) is 0 Å². The molecule has 1 saturated heterocycles. The number of barbiturate groups is 1. The Morgan fingerprint density at radius 1 is 1.07 bits per heavy atom. The number of benzene rings is 2. The number of carbonyl (C=O) groups excluding carboxylic acids is 3. The van der Waals surface area contributed by atoms with Gasteiger partial charge in [0, 0.05) is 0 Å². The number of ether oxygens (including phenoxy) is 2. The molecule has 3 rings (SSSR count). The molecule has 1 aliphatic heterocycles. The van der Waals surface area contributed by atoms with Gasteiger partial charge < -0.3 is 9.47 Å². The summed E-state index contributed by atoms with van der Waals surface area (Å²) >= 11 is 2.08. The molecule has 0 bridgehead atoms. The molecule has 7 nitrogen and oxygen atoms in total. The molecular weight excluding hydrogens is 475 g/mol. The Hall–Kier alpha value is -2.88. The van der Waals surface area contributed by atoms with Crippen LogP contribution in [0.5, 0.6) is 11.5 Å². The highest BCUT2D eigenvalue weighted by atomic mass is 127. The van der Waals surface area contributed by atoms with Gasteiger partial charge in [-0.15, -0.1) is 0 Å². The third-order valence-corrected chi connectivity index (χ3v) is 4.93. The zero-order valence-corrected chi connectivity index (χ0v) is 17.6. The van der Waals surface area contributed by atoms with Crippen LogP contribution in [0.25, 0.3) is 6.08 Å². The number of anilines is 1. The molecule has 0 radical (unpaired) electrons. The molecule has 1 N–H and O–H groups in total. The lowest BCUT2D eigenvalue weighted by atomic mass is 10.1. The number of aryl methyl sites for hydroxylation is 1. The number of carbonyl (C=O) groups is 3. The minimum absolute atomic E-state index is 0.149. The zero-order chi connectivity index (χ0) is 20.4. The molecule has 0 saturated carbocycles. The second-order valence-corrected chi connectivity index (χ2v) is 7.20. The number of nitrogens with one attached hydrogen (secondary N) is 1. The van der Waals surface area contributed by atoms with Crippen molar-refractivity contribution in [2.24, 2.45) is 0 Å². The van der Waals surface area contributed by atoms with Gasteiger partial charge in [-0.25, -0.2) is 9.69 Å². The van der Waals surface area contributed by atoms with Gasteiger partial charge in [-0.05, 0) is 71.0 Å². The molecule has 0 aromatic heterocycles. The van der Waals surface area contributed by atoms with Gasteiger partial charge in [0.15, 0.2) is 11.5 Å². The average molecular weight is 492 g/mol. The van der Waals surface area contributed by atoms with E-state index in [2.05, 4.69) is 27.9 Å². The van der Waals surface area contributed by atoms with E-state index in [0.29, 0.717) is 22.7 Å². The quantitative estimate of drug-likeness (QED) is 0.403. The van der Waals surface area contributed by atoms with Crippen LogP contribution >= 0.6 is 22.6 Å². The summed E-state index contributed by atoms with van der Waals surface area (Å²) in [5.41, 5.74) is 1.70. The van der Waals surface area contributed by atoms with Crippen molar-refractivity contribution in [2.75, 3.05) is 19.1 Å². The Morgan fingerprint density at radius 2 is 1.82 bits per heavy atom. The van der Waals surface area contributed by atoms with Gasteiger partial charge in [0.1, 0.15) is 5.57 Å². The summed E-state index contributed by atoms with van der Waals surface area (Å²) in [4.78, 5) is 38.5. The molecule has 4 amide bonds. The Balaban J connectivity index is 2.06. The number of hydrogen-bond donors (Lipinski definition) is 1. The first-order valence-corrected chi connectivity index (χ1v) is 9.33. The van der Waals surface area contributed by atoms with Crippen LogP contribution in [0, 0.1) is 10.5 Å². The molecule has 1 heterocycles. The topological polar surface area (TPSA) is 84.9 Å².